The number of aliphatic hydroxyl groups is 1. The Morgan fingerprint density at radius 2 is 2.04 bits per heavy atom. The number of hydrogen-bond donors (Lipinski definition) is 2. The molecule has 1 unspecified atom stereocenters. The molecule has 1 fully saturated rings. The maximum Gasteiger partial charge on any atom is 0.501 e. The Hall–Kier alpha value is -2.44. The van der Waals surface area contributed by atoms with Gasteiger partial charge in [-0.2, -0.15) is 14.3 Å². The minimum absolute atomic E-state index is 0.00341. The van der Waals surface area contributed by atoms with Gasteiger partial charge in [-0.25, -0.2) is 17.9 Å². The van der Waals surface area contributed by atoms with Crippen molar-refractivity contribution in [3.8, 4) is 12.0 Å². The summed E-state index contributed by atoms with van der Waals surface area (Å²) in [4.78, 5) is 25.9. The number of aliphatic hydroxyl groups excluding tert-OH is 1. The normalized spacial score (nSPS) is 25.3. The van der Waals surface area contributed by atoms with Gasteiger partial charge in [-0.3, -0.25) is 0 Å². The Bertz CT molecular complexity index is 945. The predicted octanol–water partition coefficient (Wildman–Crippen LogP) is 0.296. The van der Waals surface area contributed by atoms with E-state index in [1.54, 1.807) is 13.0 Å². The zero-order chi connectivity index (χ0) is 19.3. The summed E-state index contributed by atoms with van der Waals surface area (Å²) in [6.45, 7) is 3.43. The molecule has 2 N–H and O–H groups in total. The first-order valence-corrected chi connectivity index (χ1v) is 9.64. The van der Waals surface area contributed by atoms with Crippen molar-refractivity contribution in [2.75, 3.05) is 7.05 Å². The van der Waals surface area contributed by atoms with Crippen molar-refractivity contribution in [3.05, 3.63) is 23.1 Å². The molecule has 138 valence electrons. The van der Waals surface area contributed by atoms with E-state index < -0.39 is 39.5 Å². The largest absolute Gasteiger partial charge is 0.501 e. The van der Waals surface area contributed by atoms with Crippen LogP contribution in [0.1, 0.15) is 26.7 Å². The van der Waals surface area contributed by atoms with E-state index in [0.29, 0.717) is 5.71 Å². The van der Waals surface area contributed by atoms with Crippen molar-refractivity contribution in [3.63, 3.8) is 0 Å². The Morgan fingerprint density at radius 1 is 1.38 bits per heavy atom. The van der Waals surface area contributed by atoms with E-state index in [2.05, 4.69) is 10.6 Å². The number of urea groups is 1. The third-order valence-electron chi connectivity index (χ3n) is 4.79. The van der Waals surface area contributed by atoms with Crippen LogP contribution in [0.4, 0.5) is 4.79 Å². The van der Waals surface area contributed by atoms with Crippen molar-refractivity contribution in [2.45, 2.75) is 38.3 Å². The number of carbonyl (C=O) groups excluding carboxylic acids is 2. The fraction of sp³-hybridized carbons (Fsp3) is 0.471. The van der Waals surface area contributed by atoms with Crippen molar-refractivity contribution >= 4 is 27.7 Å². The molecule has 0 aromatic heterocycles. The Balaban J connectivity index is 2.05. The number of sulfonamides is 1. The van der Waals surface area contributed by atoms with Crippen molar-refractivity contribution in [1.29, 1.82) is 0 Å². The van der Waals surface area contributed by atoms with Gasteiger partial charge in [0.2, 0.25) is 10.0 Å². The molecule has 8 nitrogen and oxygen atoms in total. The van der Waals surface area contributed by atoms with E-state index >= 15 is 0 Å². The van der Waals surface area contributed by atoms with Crippen LogP contribution in [0.3, 0.4) is 0 Å². The molecular formula is C17H20N3O5S+. The summed E-state index contributed by atoms with van der Waals surface area (Å²) in [5.74, 6) is 1.03. The molecule has 1 aliphatic heterocycles. The van der Waals surface area contributed by atoms with E-state index in [4.69, 9.17) is 5.11 Å². The zero-order valence-electron chi connectivity index (χ0n) is 14.7. The molecular weight excluding hydrogens is 358 g/mol. The molecule has 0 bridgehead atoms. The van der Waals surface area contributed by atoms with Gasteiger partial charge in [0.15, 0.2) is 6.04 Å². The van der Waals surface area contributed by atoms with E-state index in [0.717, 1.165) is 17.7 Å². The van der Waals surface area contributed by atoms with Gasteiger partial charge in [0.1, 0.15) is 17.7 Å². The van der Waals surface area contributed by atoms with Gasteiger partial charge in [0, 0.05) is 5.54 Å². The highest BCUT2D eigenvalue weighted by Gasteiger charge is 2.48. The highest BCUT2D eigenvalue weighted by molar-refractivity contribution is 7.93. The second kappa shape index (κ2) is 6.07. The second-order valence-corrected chi connectivity index (χ2v) is 8.64. The van der Waals surface area contributed by atoms with Gasteiger partial charge in [-0.15, -0.1) is 0 Å². The maximum atomic E-state index is 12.6. The van der Waals surface area contributed by atoms with Crippen molar-refractivity contribution in [2.24, 2.45) is 5.92 Å². The van der Waals surface area contributed by atoms with Crippen LogP contribution in [0.5, 0.6) is 0 Å². The average molecular weight is 378 g/mol. The molecule has 3 rings (SSSR count). The molecule has 9 heteroatoms. The molecule has 1 heterocycles. The molecule has 2 atom stereocenters. The lowest BCUT2D eigenvalue weighted by Gasteiger charge is -2.27. The smallest absolute Gasteiger partial charge is 0.462 e. The lowest BCUT2D eigenvalue weighted by Crippen LogP contribution is -2.55. The molecule has 0 aromatic carbocycles. The van der Waals surface area contributed by atoms with Crippen LogP contribution in [-0.2, 0) is 14.8 Å². The Morgan fingerprint density at radius 3 is 2.62 bits per heavy atom. The molecule has 0 aromatic rings. The van der Waals surface area contributed by atoms with E-state index in [1.165, 1.54) is 29.9 Å². The Kier molecular flexibility index (Phi) is 4.29. The highest BCUT2D eigenvalue weighted by atomic mass is 32.2. The van der Waals surface area contributed by atoms with Crippen LogP contribution in [0.25, 0.3) is 0 Å². The monoisotopic (exact) mass is 378 g/mol. The van der Waals surface area contributed by atoms with Crippen LogP contribution in [0.15, 0.2) is 23.1 Å². The van der Waals surface area contributed by atoms with Gasteiger partial charge in [0.25, 0.3) is 0 Å². The molecule has 0 spiro atoms. The van der Waals surface area contributed by atoms with Crippen LogP contribution in [0, 0.1) is 17.9 Å². The van der Waals surface area contributed by atoms with Gasteiger partial charge in [-0.05, 0) is 50.8 Å². The standard InChI is InChI=1S/C17H19N3O5S/c1-11(6-9-21)20-14-5-4-12(26(24,25)18-17(2)7-8-17)10-13(14)15(22)19(3)16(20)23/h4-5,10-11,13,18H,7-8H2,1-3H3/p+1/t11-,13?/m1/s1. The van der Waals surface area contributed by atoms with Crippen molar-refractivity contribution < 1.29 is 27.7 Å². The van der Waals surface area contributed by atoms with E-state index in [1.807, 2.05) is 6.92 Å². The average Bonchev–Trinajstić information content (AvgIpc) is 3.29. The number of carbonyl (C=O) groups is 2. The first kappa shape index (κ1) is 18.4. The van der Waals surface area contributed by atoms with Crippen molar-refractivity contribution in [1.82, 2.24) is 9.62 Å². The van der Waals surface area contributed by atoms with Gasteiger partial charge in [-0.1, -0.05) is 0 Å². The summed E-state index contributed by atoms with van der Waals surface area (Å²) in [7, 11) is -2.43. The summed E-state index contributed by atoms with van der Waals surface area (Å²) in [5, 5.41) is 8.82. The Labute approximate surface area is 151 Å². The van der Waals surface area contributed by atoms with Gasteiger partial charge >= 0.3 is 11.9 Å². The van der Waals surface area contributed by atoms with Crippen LogP contribution < -0.4 is 4.72 Å². The molecule has 2 aliphatic carbocycles. The quantitative estimate of drug-likeness (QED) is 0.540. The SMILES string of the molecule is C[C@H](C#CO)[N+]1=C2C=CC(S(=O)(=O)NC3(C)CC3)=CC2C(=O)N(C)C1=O. The fourth-order valence-corrected chi connectivity index (χ4v) is 4.51. The number of imide groups is 1. The van der Waals surface area contributed by atoms with Crippen LogP contribution in [-0.4, -0.2) is 59.3 Å². The molecule has 3 aliphatic rings. The van der Waals surface area contributed by atoms with Crippen LogP contribution in [0.2, 0.25) is 0 Å². The predicted molar refractivity (Wildman–Crippen MR) is 93.0 cm³/mol. The number of amides is 3. The van der Waals surface area contributed by atoms with E-state index in [-0.39, 0.29) is 4.91 Å². The molecule has 0 radical (unpaired) electrons. The number of hydrogen-bond acceptors (Lipinski definition) is 5. The van der Waals surface area contributed by atoms with Crippen LogP contribution >= 0.6 is 0 Å². The lowest BCUT2D eigenvalue weighted by molar-refractivity contribution is -0.461. The first-order valence-electron chi connectivity index (χ1n) is 8.16. The maximum absolute atomic E-state index is 12.6. The summed E-state index contributed by atoms with van der Waals surface area (Å²) < 4.78 is 29.1. The number of allylic oxidation sites excluding steroid dienone is 2. The van der Waals surface area contributed by atoms with Gasteiger partial charge in [0.05, 0.1) is 12.0 Å². The molecule has 1 saturated carbocycles. The fourth-order valence-electron chi connectivity index (χ4n) is 2.98. The summed E-state index contributed by atoms with van der Waals surface area (Å²) >= 11 is 0. The summed E-state index contributed by atoms with van der Waals surface area (Å²) in [5.41, 5.74) is -0.0945. The molecule has 0 saturated heterocycles. The minimum Gasteiger partial charge on any atom is -0.462 e. The molecule has 3 amide bonds. The third kappa shape index (κ3) is 3.06. The number of nitrogens with one attached hydrogen (secondary N) is 1. The number of fused-ring (bicyclic) bond motifs is 1. The summed E-state index contributed by atoms with van der Waals surface area (Å²) in [6.07, 6.45) is 7.48. The van der Waals surface area contributed by atoms with E-state index in [9.17, 15) is 18.0 Å². The first-order chi connectivity index (χ1) is 12.1. The lowest BCUT2D eigenvalue weighted by atomic mass is 9.94. The number of nitrogens with zero attached hydrogens (tertiary/aromatic N) is 2. The molecule has 26 heavy (non-hydrogen) atoms. The number of rotatable bonds is 4. The minimum atomic E-state index is -3.76. The topological polar surface area (TPSA) is 107 Å². The van der Waals surface area contributed by atoms with Gasteiger partial charge < -0.3 is 5.11 Å². The zero-order valence-corrected chi connectivity index (χ0v) is 15.5. The third-order valence-corrected chi connectivity index (χ3v) is 6.44. The highest BCUT2D eigenvalue weighted by Crippen LogP contribution is 2.36. The summed E-state index contributed by atoms with van der Waals surface area (Å²) in [6, 6.07) is -1.26. The second-order valence-electron chi connectivity index (χ2n) is 6.95.